The fourth-order valence-corrected chi connectivity index (χ4v) is 2.59. The number of nitrogens with two attached hydrogens (primary N) is 1. The Morgan fingerprint density at radius 2 is 2.05 bits per heavy atom. The normalized spacial score (nSPS) is 11.2. The van der Waals surface area contributed by atoms with E-state index in [2.05, 4.69) is 25.9 Å². The molecule has 5 heteroatoms. The van der Waals surface area contributed by atoms with Crippen LogP contribution in [0.5, 0.6) is 0 Å². The maximum atomic E-state index is 13.5. The molecule has 0 radical (unpaired) electrons. The van der Waals surface area contributed by atoms with Crippen LogP contribution in [0.25, 0.3) is 22.4 Å². The van der Waals surface area contributed by atoms with Gasteiger partial charge in [0, 0.05) is 11.6 Å². The first-order valence-electron chi connectivity index (χ1n) is 6.32. The molecule has 1 heterocycles. The van der Waals surface area contributed by atoms with Crippen molar-refractivity contribution in [3.8, 4) is 11.4 Å². The van der Waals surface area contributed by atoms with Gasteiger partial charge in [-0.15, -0.1) is 0 Å². The zero-order valence-corrected chi connectivity index (χ0v) is 12.2. The lowest BCUT2D eigenvalue weighted by Gasteiger charge is -2.05. The van der Waals surface area contributed by atoms with Gasteiger partial charge in [0.25, 0.3) is 0 Å². The Morgan fingerprint density at radius 1 is 1.25 bits per heavy atom. The molecule has 0 atom stereocenters. The van der Waals surface area contributed by atoms with Crippen molar-refractivity contribution in [2.75, 3.05) is 6.54 Å². The first-order valence-corrected chi connectivity index (χ1v) is 7.11. The van der Waals surface area contributed by atoms with Gasteiger partial charge in [0.1, 0.15) is 11.6 Å². The second-order valence-electron chi connectivity index (χ2n) is 4.56. The number of rotatable bonds is 3. The highest BCUT2D eigenvalue weighted by Gasteiger charge is 2.11. The minimum Gasteiger partial charge on any atom is -0.338 e. The summed E-state index contributed by atoms with van der Waals surface area (Å²) in [7, 11) is 0. The third kappa shape index (κ3) is 2.34. The average Bonchev–Trinajstić information content (AvgIpc) is 2.83. The molecule has 0 aliphatic rings. The first kappa shape index (κ1) is 13.3. The molecule has 0 bridgehead atoms. The highest BCUT2D eigenvalue weighted by atomic mass is 79.9. The SMILES string of the molecule is NCCc1ccccc1-c1nc2cc(Br)c(F)cc2[nH]1. The van der Waals surface area contributed by atoms with Crippen LogP contribution in [0, 0.1) is 5.82 Å². The summed E-state index contributed by atoms with van der Waals surface area (Å²) < 4.78 is 14.0. The molecule has 3 aromatic rings. The highest BCUT2D eigenvalue weighted by Crippen LogP contribution is 2.27. The number of benzene rings is 2. The third-order valence-electron chi connectivity index (χ3n) is 3.21. The second-order valence-corrected chi connectivity index (χ2v) is 5.42. The Bertz CT molecular complexity index is 728. The Balaban J connectivity index is 2.15. The Morgan fingerprint density at radius 3 is 2.85 bits per heavy atom. The van der Waals surface area contributed by atoms with E-state index in [9.17, 15) is 4.39 Å². The number of nitrogens with one attached hydrogen (secondary N) is 1. The topological polar surface area (TPSA) is 54.7 Å². The predicted octanol–water partition coefficient (Wildman–Crippen LogP) is 3.63. The maximum Gasteiger partial charge on any atom is 0.139 e. The first-order chi connectivity index (χ1) is 9.69. The number of hydrogen-bond acceptors (Lipinski definition) is 2. The number of H-pyrrole nitrogens is 1. The monoisotopic (exact) mass is 333 g/mol. The van der Waals surface area contributed by atoms with Gasteiger partial charge in [0.2, 0.25) is 0 Å². The lowest BCUT2D eigenvalue weighted by Crippen LogP contribution is -2.04. The van der Waals surface area contributed by atoms with Crippen molar-refractivity contribution in [3.05, 3.63) is 52.3 Å². The summed E-state index contributed by atoms with van der Waals surface area (Å²) in [6.45, 7) is 0.581. The van der Waals surface area contributed by atoms with Crippen LogP contribution < -0.4 is 5.73 Å². The molecular weight excluding hydrogens is 321 g/mol. The zero-order chi connectivity index (χ0) is 14.1. The standard InChI is InChI=1S/C15H13BrFN3/c16-11-7-13-14(8-12(11)17)20-15(19-13)10-4-2-1-3-9(10)5-6-18/h1-4,7-8H,5-6,18H2,(H,19,20). The fourth-order valence-electron chi connectivity index (χ4n) is 2.26. The van der Waals surface area contributed by atoms with Crippen molar-refractivity contribution >= 4 is 27.0 Å². The van der Waals surface area contributed by atoms with Gasteiger partial charge in [0.15, 0.2) is 0 Å². The number of imidazole rings is 1. The molecule has 0 amide bonds. The van der Waals surface area contributed by atoms with Crippen molar-refractivity contribution in [2.24, 2.45) is 5.73 Å². The van der Waals surface area contributed by atoms with Gasteiger partial charge < -0.3 is 10.7 Å². The molecule has 0 aliphatic carbocycles. The molecule has 0 aliphatic heterocycles. The number of hydrogen-bond donors (Lipinski definition) is 2. The van der Waals surface area contributed by atoms with E-state index in [0.717, 1.165) is 28.9 Å². The van der Waals surface area contributed by atoms with Crippen molar-refractivity contribution < 1.29 is 4.39 Å². The summed E-state index contributed by atoms with van der Waals surface area (Å²) >= 11 is 3.18. The van der Waals surface area contributed by atoms with Crippen LogP contribution in [-0.4, -0.2) is 16.5 Å². The van der Waals surface area contributed by atoms with Crippen LogP contribution >= 0.6 is 15.9 Å². The second kappa shape index (κ2) is 5.34. The lowest BCUT2D eigenvalue weighted by atomic mass is 10.0. The van der Waals surface area contributed by atoms with E-state index in [4.69, 9.17) is 5.73 Å². The van der Waals surface area contributed by atoms with Gasteiger partial charge >= 0.3 is 0 Å². The van der Waals surface area contributed by atoms with Gasteiger partial charge in [-0.05, 0) is 40.5 Å². The van der Waals surface area contributed by atoms with E-state index in [-0.39, 0.29) is 5.82 Å². The minimum atomic E-state index is -0.303. The molecule has 0 spiro atoms. The van der Waals surface area contributed by atoms with Crippen LogP contribution in [-0.2, 0) is 6.42 Å². The molecule has 0 fully saturated rings. The van der Waals surface area contributed by atoms with E-state index in [1.165, 1.54) is 6.07 Å². The van der Waals surface area contributed by atoms with Crippen LogP contribution in [0.15, 0.2) is 40.9 Å². The van der Waals surface area contributed by atoms with Gasteiger partial charge in [-0.1, -0.05) is 24.3 Å². The predicted molar refractivity (Wildman–Crippen MR) is 81.9 cm³/mol. The van der Waals surface area contributed by atoms with Gasteiger partial charge in [-0.2, -0.15) is 0 Å². The molecule has 1 aromatic heterocycles. The molecule has 20 heavy (non-hydrogen) atoms. The molecule has 0 saturated heterocycles. The number of fused-ring (bicyclic) bond motifs is 1. The number of halogens is 2. The molecule has 2 aromatic carbocycles. The van der Waals surface area contributed by atoms with Crippen LogP contribution in [0.2, 0.25) is 0 Å². The summed E-state index contributed by atoms with van der Waals surface area (Å²) in [5, 5.41) is 0. The number of aromatic amines is 1. The number of nitrogens with zero attached hydrogens (tertiary/aromatic N) is 1. The molecule has 3 N–H and O–H groups in total. The maximum absolute atomic E-state index is 13.5. The van der Waals surface area contributed by atoms with Crippen molar-refractivity contribution in [2.45, 2.75) is 6.42 Å². The lowest BCUT2D eigenvalue weighted by molar-refractivity contribution is 0.623. The quantitative estimate of drug-likeness (QED) is 0.768. The summed E-state index contributed by atoms with van der Waals surface area (Å²) in [4.78, 5) is 7.70. The molecule has 0 saturated carbocycles. The van der Waals surface area contributed by atoms with Crippen LogP contribution in [0.4, 0.5) is 4.39 Å². The summed E-state index contributed by atoms with van der Waals surface area (Å²) in [6, 6.07) is 11.1. The zero-order valence-electron chi connectivity index (χ0n) is 10.7. The van der Waals surface area contributed by atoms with Crippen LogP contribution in [0.1, 0.15) is 5.56 Å². The Hall–Kier alpha value is -1.72. The Labute approximate surface area is 124 Å². The van der Waals surface area contributed by atoms with Gasteiger partial charge in [0.05, 0.1) is 15.5 Å². The molecule has 0 unspecified atom stereocenters. The summed E-state index contributed by atoms with van der Waals surface area (Å²) in [5.74, 6) is 0.435. The smallest absolute Gasteiger partial charge is 0.139 e. The third-order valence-corrected chi connectivity index (χ3v) is 3.82. The van der Waals surface area contributed by atoms with Crippen LogP contribution in [0.3, 0.4) is 0 Å². The molecule has 102 valence electrons. The van der Waals surface area contributed by atoms with Crippen molar-refractivity contribution in [3.63, 3.8) is 0 Å². The fraction of sp³-hybridized carbons (Fsp3) is 0.133. The number of aromatic nitrogens is 2. The largest absolute Gasteiger partial charge is 0.338 e. The van der Waals surface area contributed by atoms with Crippen molar-refractivity contribution in [1.82, 2.24) is 9.97 Å². The van der Waals surface area contributed by atoms with E-state index < -0.39 is 0 Å². The minimum absolute atomic E-state index is 0.303. The van der Waals surface area contributed by atoms with E-state index in [1.807, 2.05) is 24.3 Å². The summed E-state index contributed by atoms with van der Waals surface area (Å²) in [5.41, 5.74) is 9.19. The van der Waals surface area contributed by atoms with Gasteiger partial charge in [-0.3, -0.25) is 0 Å². The average molecular weight is 334 g/mol. The van der Waals surface area contributed by atoms with Gasteiger partial charge in [-0.25, -0.2) is 9.37 Å². The van der Waals surface area contributed by atoms with E-state index in [1.54, 1.807) is 6.07 Å². The Kier molecular flexibility index (Phi) is 3.54. The molecule has 3 nitrogen and oxygen atoms in total. The van der Waals surface area contributed by atoms with E-state index >= 15 is 0 Å². The highest BCUT2D eigenvalue weighted by molar-refractivity contribution is 9.10. The summed E-state index contributed by atoms with van der Waals surface area (Å²) in [6.07, 6.45) is 0.783. The molecule has 3 rings (SSSR count). The van der Waals surface area contributed by atoms with E-state index in [0.29, 0.717) is 16.5 Å². The molecular formula is C15H13BrFN3. The van der Waals surface area contributed by atoms with Crippen molar-refractivity contribution in [1.29, 1.82) is 0 Å².